The van der Waals surface area contributed by atoms with Crippen LogP contribution in [-0.2, 0) is 20.9 Å². The number of likely N-dealkylation sites (tertiary alicyclic amines) is 1. The van der Waals surface area contributed by atoms with Crippen LogP contribution in [0.1, 0.15) is 38.2 Å². The fourth-order valence-electron chi connectivity index (χ4n) is 6.30. The highest BCUT2D eigenvalue weighted by molar-refractivity contribution is 8.02. The van der Waals surface area contributed by atoms with E-state index in [0.717, 1.165) is 24.2 Å². The second-order valence-corrected chi connectivity index (χ2v) is 11.8. The molecule has 1 spiro atoms. The number of fused-ring (bicyclic) bond motifs is 1. The lowest BCUT2D eigenvalue weighted by atomic mass is 9.70. The van der Waals surface area contributed by atoms with Gasteiger partial charge in [-0.15, -0.1) is 11.8 Å². The number of rotatable bonds is 11. The minimum atomic E-state index is -0.638. The number of amides is 3. The van der Waals surface area contributed by atoms with Crippen LogP contribution in [0.5, 0.6) is 5.75 Å². The number of aliphatic hydroxyl groups is 1. The van der Waals surface area contributed by atoms with E-state index in [2.05, 4.69) is 10.6 Å². The van der Waals surface area contributed by atoms with Gasteiger partial charge in [0.2, 0.25) is 17.7 Å². The fourth-order valence-corrected chi connectivity index (χ4v) is 8.52. The SMILES string of the molecule is CCOc1ccc(NC(=O)[C@@H]2[C@@H]3CCC4(S3)C(C(=O)NCc3ccccc3)N(CCCCO)C(=O)[C@H]24)cc1. The van der Waals surface area contributed by atoms with Gasteiger partial charge in [0.25, 0.3) is 0 Å². The number of nitrogens with zero attached hydrogens (tertiary/aromatic N) is 1. The Morgan fingerprint density at radius 2 is 1.87 bits per heavy atom. The van der Waals surface area contributed by atoms with Gasteiger partial charge in [-0.1, -0.05) is 30.3 Å². The fraction of sp³-hybridized carbons (Fsp3) is 0.483. The van der Waals surface area contributed by atoms with Crippen molar-refractivity contribution < 1.29 is 24.2 Å². The molecule has 2 aromatic carbocycles. The molecule has 5 rings (SSSR count). The third-order valence-corrected chi connectivity index (χ3v) is 9.85. The Balaban J connectivity index is 1.37. The third kappa shape index (κ3) is 4.89. The first-order valence-corrected chi connectivity index (χ1v) is 14.3. The van der Waals surface area contributed by atoms with Gasteiger partial charge in [0, 0.05) is 30.6 Å². The highest BCUT2D eigenvalue weighted by atomic mass is 32.2. The van der Waals surface area contributed by atoms with E-state index in [9.17, 15) is 19.5 Å². The van der Waals surface area contributed by atoms with Gasteiger partial charge in [0.1, 0.15) is 11.8 Å². The summed E-state index contributed by atoms with van der Waals surface area (Å²) in [6.07, 6.45) is 2.68. The molecule has 0 saturated carbocycles. The summed E-state index contributed by atoms with van der Waals surface area (Å²) >= 11 is 1.66. The summed E-state index contributed by atoms with van der Waals surface area (Å²) in [7, 11) is 0. The third-order valence-electron chi connectivity index (χ3n) is 7.90. The number of unbranched alkanes of at least 4 members (excludes halogenated alkanes) is 1. The molecule has 9 heteroatoms. The summed E-state index contributed by atoms with van der Waals surface area (Å²) < 4.78 is 4.87. The maximum atomic E-state index is 13.9. The van der Waals surface area contributed by atoms with Crippen LogP contribution in [0.25, 0.3) is 0 Å². The molecule has 3 aliphatic heterocycles. The van der Waals surface area contributed by atoms with Crippen molar-refractivity contribution >= 4 is 35.2 Å². The molecule has 2 bridgehead atoms. The molecule has 8 nitrogen and oxygen atoms in total. The van der Waals surface area contributed by atoms with Gasteiger partial charge < -0.3 is 25.4 Å². The Hall–Kier alpha value is -3.04. The van der Waals surface area contributed by atoms with E-state index in [4.69, 9.17) is 4.74 Å². The monoisotopic (exact) mass is 537 g/mol. The second kappa shape index (κ2) is 11.4. The van der Waals surface area contributed by atoms with Crippen molar-refractivity contribution in [2.24, 2.45) is 11.8 Å². The Morgan fingerprint density at radius 1 is 1.11 bits per heavy atom. The summed E-state index contributed by atoms with van der Waals surface area (Å²) in [5, 5.41) is 15.4. The summed E-state index contributed by atoms with van der Waals surface area (Å²) in [4.78, 5) is 42.9. The minimum absolute atomic E-state index is 0.00402. The largest absolute Gasteiger partial charge is 0.494 e. The highest BCUT2D eigenvalue weighted by Crippen LogP contribution is 2.66. The normalized spacial score (nSPS) is 27.3. The second-order valence-electron chi connectivity index (χ2n) is 10.2. The molecule has 2 aromatic rings. The molecular formula is C29H35N3O5S. The molecule has 0 aliphatic carbocycles. The topological polar surface area (TPSA) is 108 Å². The van der Waals surface area contributed by atoms with Gasteiger partial charge in [0.05, 0.1) is 23.2 Å². The van der Waals surface area contributed by atoms with Crippen molar-refractivity contribution in [2.75, 3.05) is 25.1 Å². The molecule has 3 fully saturated rings. The van der Waals surface area contributed by atoms with E-state index < -0.39 is 22.6 Å². The van der Waals surface area contributed by atoms with Crippen LogP contribution in [-0.4, -0.2) is 63.5 Å². The van der Waals surface area contributed by atoms with E-state index in [1.807, 2.05) is 49.4 Å². The van der Waals surface area contributed by atoms with Gasteiger partial charge in [-0.2, -0.15) is 0 Å². The van der Waals surface area contributed by atoms with Crippen molar-refractivity contribution in [1.29, 1.82) is 0 Å². The van der Waals surface area contributed by atoms with Crippen molar-refractivity contribution in [3.8, 4) is 5.75 Å². The number of thioether (sulfide) groups is 1. The number of ether oxygens (including phenoxy) is 1. The minimum Gasteiger partial charge on any atom is -0.494 e. The molecule has 3 amide bonds. The lowest BCUT2D eigenvalue weighted by Crippen LogP contribution is -2.53. The van der Waals surface area contributed by atoms with Crippen LogP contribution in [0.2, 0.25) is 0 Å². The van der Waals surface area contributed by atoms with Crippen molar-refractivity contribution in [1.82, 2.24) is 10.2 Å². The number of hydrogen-bond acceptors (Lipinski definition) is 6. The first-order chi connectivity index (χ1) is 18.5. The lowest BCUT2D eigenvalue weighted by molar-refractivity contribution is -0.139. The molecule has 0 radical (unpaired) electrons. The average molecular weight is 538 g/mol. The molecule has 0 aromatic heterocycles. The van der Waals surface area contributed by atoms with E-state index in [0.29, 0.717) is 38.2 Å². The van der Waals surface area contributed by atoms with Crippen LogP contribution >= 0.6 is 11.8 Å². The summed E-state index contributed by atoms with van der Waals surface area (Å²) in [5.41, 5.74) is 1.64. The van der Waals surface area contributed by atoms with Crippen LogP contribution in [0.4, 0.5) is 5.69 Å². The zero-order valence-electron chi connectivity index (χ0n) is 21.6. The Labute approximate surface area is 227 Å². The number of carbonyl (C=O) groups is 3. The first-order valence-electron chi connectivity index (χ1n) is 13.4. The molecule has 5 atom stereocenters. The van der Waals surface area contributed by atoms with E-state index in [-0.39, 0.29) is 29.6 Å². The molecule has 3 N–H and O–H groups in total. The van der Waals surface area contributed by atoms with E-state index in [1.54, 1.807) is 28.8 Å². The number of hydrogen-bond donors (Lipinski definition) is 3. The predicted molar refractivity (Wildman–Crippen MR) is 147 cm³/mol. The van der Waals surface area contributed by atoms with Crippen LogP contribution in [0.15, 0.2) is 54.6 Å². The molecule has 3 aliphatic rings. The standard InChI is InChI=1S/C29H35N3O5S/c1-2-37-21-12-10-20(11-13-21)31-26(34)23-22-14-15-29(38-22)24(23)28(36)32(16-6-7-17-33)25(29)27(35)30-18-19-8-4-3-5-9-19/h3-5,8-13,22-25,33H,2,6-7,14-18H2,1H3,(H,30,35)(H,31,34)/t22-,23+,24-,25?,29?/m0/s1. The van der Waals surface area contributed by atoms with Crippen molar-refractivity contribution in [2.45, 2.75) is 55.2 Å². The van der Waals surface area contributed by atoms with Gasteiger partial charge >= 0.3 is 0 Å². The van der Waals surface area contributed by atoms with Gasteiger partial charge in [-0.25, -0.2) is 0 Å². The summed E-state index contributed by atoms with van der Waals surface area (Å²) in [6, 6.07) is 16.3. The number of aliphatic hydroxyl groups excluding tert-OH is 1. The van der Waals surface area contributed by atoms with Gasteiger partial charge in [0.15, 0.2) is 0 Å². The Morgan fingerprint density at radius 3 is 2.58 bits per heavy atom. The summed E-state index contributed by atoms with van der Waals surface area (Å²) in [5.74, 6) is -0.782. The Kier molecular flexibility index (Phi) is 7.95. The van der Waals surface area contributed by atoms with Crippen molar-refractivity contribution in [3.63, 3.8) is 0 Å². The zero-order valence-corrected chi connectivity index (χ0v) is 22.4. The van der Waals surface area contributed by atoms with Crippen LogP contribution in [0, 0.1) is 11.8 Å². The van der Waals surface area contributed by atoms with E-state index >= 15 is 0 Å². The van der Waals surface area contributed by atoms with E-state index in [1.165, 1.54) is 0 Å². The predicted octanol–water partition coefficient (Wildman–Crippen LogP) is 3.20. The smallest absolute Gasteiger partial charge is 0.244 e. The molecular weight excluding hydrogens is 502 g/mol. The highest BCUT2D eigenvalue weighted by Gasteiger charge is 2.73. The molecule has 202 valence electrons. The lowest BCUT2D eigenvalue weighted by Gasteiger charge is -2.34. The van der Waals surface area contributed by atoms with Gasteiger partial charge in [-0.3, -0.25) is 14.4 Å². The molecule has 3 saturated heterocycles. The summed E-state index contributed by atoms with van der Waals surface area (Å²) in [6.45, 7) is 3.28. The van der Waals surface area contributed by atoms with Crippen LogP contribution < -0.4 is 15.4 Å². The quantitative estimate of drug-likeness (QED) is 0.380. The maximum absolute atomic E-state index is 13.9. The number of nitrogens with one attached hydrogen (secondary N) is 2. The van der Waals surface area contributed by atoms with Crippen molar-refractivity contribution in [3.05, 3.63) is 60.2 Å². The maximum Gasteiger partial charge on any atom is 0.244 e. The number of benzene rings is 2. The first kappa shape index (κ1) is 26.6. The molecule has 38 heavy (non-hydrogen) atoms. The van der Waals surface area contributed by atoms with Gasteiger partial charge in [-0.05, 0) is 62.4 Å². The zero-order chi connectivity index (χ0) is 26.7. The number of carbonyl (C=O) groups excluding carboxylic acids is 3. The number of anilines is 1. The van der Waals surface area contributed by atoms with Crippen LogP contribution in [0.3, 0.4) is 0 Å². The molecule has 3 heterocycles. The Bertz CT molecular complexity index is 1160. The molecule has 2 unspecified atom stereocenters. The average Bonchev–Trinajstić information content (AvgIpc) is 3.57.